The molecular weight excluding hydrogens is 298 g/mol. The van der Waals surface area contributed by atoms with E-state index in [1.54, 1.807) is 0 Å². The third kappa shape index (κ3) is 3.33. The zero-order valence-electron chi connectivity index (χ0n) is 13.2. The summed E-state index contributed by atoms with van der Waals surface area (Å²) in [4.78, 5) is 4.57. The van der Waals surface area contributed by atoms with Crippen LogP contribution in [0.5, 0.6) is 0 Å². The number of halogens is 1. The van der Waals surface area contributed by atoms with Gasteiger partial charge in [0.2, 0.25) is 5.89 Å². The minimum Gasteiger partial charge on any atom is -0.339 e. The average Bonchev–Trinajstić information content (AvgIpc) is 3.10. The monoisotopic (exact) mass is 321 g/mol. The molecular formula is C17H24ClN3O. The number of aromatic nitrogens is 2. The maximum atomic E-state index is 6.38. The first-order chi connectivity index (χ1) is 10.00. The standard InChI is InChI=1S/C17H23N3O.ClH/c1-16(2,13-8-4-3-5-9-13)12-14-19-15(20-21-14)17(18)10-6-7-11-17;/h3-5,8-9H,6-7,10-12,18H2,1-2H3;1H. The van der Waals surface area contributed by atoms with Gasteiger partial charge in [-0.15, -0.1) is 12.4 Å². The van der Waals surface area contributed by atoms with Crippen molar-refractivity contribution in [2.24, 2.45) is 5.73 Å². The lowest BCUT2D eigenvalue weighted by Crippen LogP contribution is -2.34. The van der Waals surface area contributed by atoms with Crippen LogP contribution in [0.25, 0.3) is 0 Å². The molecule has 2 aromatic rings. The number of rotatable bonds is 4. The molecule has 5 heteroatoms. The van der Waals surface area contributed by atoms with Crippen molar-refractivity contribution in [2.45, 2.75) is 56.9 Å². The molecule has 0 spiro atoms. The predicted molar refractivity (Wildman–Crippen MR) is 89.1 cm³/mol. The van der Waals surface area contributed by atoms with E-state index in [4.69, 9.17) is 10.3 Å². The largest absolute Gasteiger partial charge is 0.339 e. The van der Waals surface area contributed by atoms with Gasteiger partial charge in [-0.2, -0.15) is 4.98 Å². The van der Waals surface area contributed by atoms with Crippen LogP contribution in [-0.4, -0.2) is 10.1 Å². The molecule has 22 heavy (non-hydrogen) atoms. The highest BCUT2D eigenvalue weighted by atomic mass is 35.5. The first-order valence-electron chi connectivity index (χ1n) is 7.67. The molecule has 1 aromatic carbocycles. The fraction of sp³-hybridized carbons (Fsp3) is 0.529. The number of nitrogens with two attached hydrogens (primary N) is 1. The number of hydrogen-bond donors (Lipinski definition) is 1. The Balaban J connectivity index is 0.00000176. The molecule has 1 fully saturated rings. The maximum Gasteiger partial charge on any atom is 0.227 e. The summed E-state index contributed by atoms with van der Waals surface area (Å²) in [6.45, 7) is 4.39. The SMILES string of the molecule is CC(C)(Cc1nc(C2(N)CCCC2)no1)c1ccccc1.Cl. The Labute approximate surface area is 137 Å². The van der Waals surface area contributed by atoms with Crippen molar-refractivity contribution in [3.8, 4) is 0 Å². The number of benzene rings is 1. The van der Waals surface area contributed by atoms with E-state index in [2.05, 4.69) is 48.3 Å². The highest BCUT2D eigenvalue weighted by molar-refractivity contribution is 5.85. The lowest BCUT2D eigenvalue weighted by Gasteiger charge is -2.23. The Hall–Kier alpha value is -1.39. The fourth-order valence-electron chi connectivity index (χ4n) is 3.13. The van der Waals surface area contributed by atoms with Crippen molar-refractivity contribution in [3.63, 3.8) is 0 Å². The quantitative estimate of drug-likeness (QED) is 0.931. The van der Waals surface area contributed by atoms with Gasteiger partial charge in [0.05, 0.1) is 5.54 Å². The Bertz CT molecular complexity index is 603. The molecule has 2 N–H and O–H groups in total. The van der Waals surface area contributed by atoms with Crippen LogP contribution in [0.4, 0.5) is 0 Å². The Morgan fingerprint density at radius 1 is 1.18 bits per heavy atom. The third-order valence-corrected chi connectivity index (χ3v) is 4.56. The molecule has 0 aliphatic heterocycles. The molecule has 120 valence electrons. The molecule has 0 bridgehead atoms. The summed E-state index contributed by atoms with van der Waals surface area (Å²) in [5, 5.41) is 4.14. The van der Waals surface area contributed by atoms with Gasteiger partial charge in [-0.25, -0.2) is 0 Å². The molecule has 3 rings (SSSR count). The number of nitrogens with zero attached hydrogens (tertiary/aromatic N) is 2. The third-order valence-electron chi connectivity index (χ3n) is 4.56. The van der Waals surface area contributed by atoms with Gasteiger partial charge in [-0.3, -0.25) is 0 Å². The van der Waals surface area contributed by atoms with E-state index < -0.39 is 0 Å². The predicted octanol–water partition coefficient (Wildman–Crippen LogP) is 3.74. The van der Waals surface area contributed by atoms with E-state index in [-0.39, 0.29) is 23.4 Å². The molecule has 0 saturated heterocycles. The van der Waals surface area contributed by atoms with E-state index in [1.807, 2.05) is 6.07 Å². The van der Waals surface area contributed by atoms with Crippen molar-refractivity contribution in [3.05, 3.63) is 47.6 Å². The Kier molecular flexibility index (Phi) is 4.93. The summed E-state index contributed by atoms with van der Waals surface area (Å²) in [6.07, 6.45) is 4.92. The van der Waals surface area contributed by atoms with Crippen LogP contribution in [0.3, 0.4) is 0 Å². The first kappa shape index (κ1) is 17.0. The molecule has 0 unspecified atom stereocenters. The van der Waals surface area contributed by atoms with Crippen molar-refractivity contribution < 1.29 is 4.52 Å². The molecule has 1 aliphatic rings. The van der Waals surface area contributed by atoms with Crippen molar-refractivity contribution in [1.82, 2.24) is 10.1 Å². The summed E-state index contributed by atoms with van der Waals surface area (Å²) in [7, 11) is 0. The first-order valence-corrected chi connectivity index (χ1v) is 7.67. The maximum absolute atomic E-state index is 6.38. The summed E-state index contributed by atoms with van der Waals surface area (Å²) in [5.41, 5.74) is 7.24. The average molecular weight is 322 g/mol. The lowest BCUT2D eigenvalue weighted by atomic mass is 9.81. The van der Waals surface area contributed by atoms with Crippen LogP contribution in [0.1, 0.15) is 56.8 Å². The van der Waals surface area contributed by atoms with Crippen LogP contribution in [0.15, 0.2) is 34.9 Å². The molecule has 0 amide bonds. The van der Waals surface area contributed by atoms with Gasteiger partial charge in [0.15, 0.2) is 5.82 Å². The van der Waals surface area contributed by atoms with Crippen LogP contribution in [0, 0.1) is 0 Å². The van der Waals surface area contributed by atoms with Gasteiger partial charge in [-0.05, 0) is 23.8 Å². The second-order valence-corrected chi connectivity index (χ2v) is 6.80. The molecule has 0 radical (unpaired) electrons. The van der Waals surface area contributed by atoms with Crippen molar-refractivity contribution >= 4 is 12.4 Å². The normalized spacial score (nSPS) is 17.2. The van der Waals surface area contributed by atoms with E-state index >= 15 is 0 Å². The summed E-state index contributed by atoms with van der Waals surface area (Å²) in [5.74, 6) is 1.36. The minimum atomic E-state index is -0.376. The highest BCUT2D eigenvalue weighted by Crippen LogP contribution is 2.35. The second-order valence-electron chi connectivity index (χ2n) is 6.80. The molecule has 4 nitrogen and oxygen atoms in total. The zero-order valence-corrected chi connectivity index (χ0v) is 14.0. The molecule has 0 atom stereocenters. The van der Waals surface area contributed by atoms with Gasteiger partial charge < -0.3 is 10.3 Å². The van der Waals surface area contributed by atoms with Gasteiger partial charge >= 0.3 is 0 Å². The lowest BCUT2D eigenvalue weighted by molar-refractivity contribution is 0.330. The highest BCUT2D eigenvalue weighted by Gasteiger charge is 2.36. The molecule has 1 aromatic heterocycles. The second kappa shape index (κ2) is 6.39. The van der Waals surface area contributed by atoms with Crippen LogP contribution in [0.2, 0.25) is 0 Å². The van der Waals surface area contributed by atoms with Crippen molar-refractivity contribution in [1.29, 1.82) is 0 Å². The molecule has 1 aliphatic carbocycles. The minimum absolute atomic E-state index is 0. The van der Waals surface area contributed by atoms with E-state index in [0.717, 1.165) is 32.1 Å². The number of hydrogen-bond acceptors (Lipinski definition) is 4. The molecule has 1 heterocycles. The van der Waals surface area contributed by atoms with E-state index in [9.17, 15) is 0 Å². The Morgan fingerprint density at radius 2 is 1.82 bits per heavy atom. The van der Waals surface area contributed by atoms with Crippen LogP contribution < -0.4 is 5.73 Å². The van der Waals surface area contributed by atoms with Crippen LogP contribution in [-0.2, 0) is 17.4 Å². The summed E-state index contributed by atoms with van der Waals surface area (Å²) < 4.78 is 5.46. The topological polar surface area (TPSA) is 64.9 Å². The molecule has 1 saturated carbocycles. The van der Waals surface area contributed by atoms with Gasteiger partial charge in [-0.1, -0.05) is 62.2 Å². The van der Waals surface area contributed by atoms with E-state index in [0.29, 0.717) is 11.7 Å². The van der Waals surface area contributed by atoms with Gasteiger partial charge in [0.25, 0.3) is 0 Å². The fourth-order valence-corrected chi connectivity index (χ4v) is 3.13. The Morgan fingerprint density at radius 3 is 2.45 bits per heavy atom. The van der Waals surface area contributed by atoms with Crippen molar-refractivity contribution in [2.75, 3.05) is 0 Å². The van der Waals surface area contributed by atoms with Gasteiger partial charge in [0, 0.05) is 6.42 Å². The van der Waals surface area contributed by atoms with Crippen LogP contribution >= 0.6 is 12.4 Å². The smallest absolute Gasteiger partial charge is 0.227 e. The summed E-state index contributed by atoms with van der Waals surface area (Å²) in [6, 6.07) is 10.4. The van der Waals surface area contributed by atoms with E-state index in [1.165, 1.54) is 5.56 Å². The summed E-state index contributed by atoms with van der Waals surface area (Å²) >= 11 is 0. The van der Waals surface area contributed by atoms with Gasteiger partial charge in [0.1, 0.15) is 0 Å². The zero-order chi connectivity index (χ0) is 14.9.